The van der Waals surface area contributed by atoms with E-state index >= 15 is 0 Å². The maximum absolute atomic E-state index is 12.5. The van der Waals surface area contributed by atoms with Gasteiger partial charge in [0.15, 0.2) is 4.34 Å². The molecule has 3 rings (SSSR count). The van der Waals surface area contributed by atoms with Gasteiger partial charge in [-0.15, -0.1) is 11.3 Å². The number of benzene rings is 2. The molecule has 1 heterocycles. The monoisotopic (exact) mass is 400 g/mol. The Morgan fingerprint density at radius 3 is 2.78 bits per heavy atom. The van der Waals surface area contributed by atoms with Crippen LogP contribution in [0, 0.1) is 0 Å². The van der Waals surface area contributed by atoms with Gasteiger partial charge in [0.1, 0.15) is 0 Å². The topological polar surface area (TPSA) is 68.3 Å². The van der Waals surface area contributed by atoms with E-state index in [1.165, 1.54) is 23.1 Å². The molecule has 0 fully saturated rings. The third-order valence-corrected chi connectivity index (χ3v) is 5.95. The highest BCUT2D eigenvalue weighted by Gasteiger charge is 2.17. The predicted octanol–water partition coefficient (Wildman–Crippen LogP) is 4.52. The molecule has 0 saturated heterocycles. The number of hydrogen-bond donors (Lipinski definition) is 1. The number of carbonyl (C=O) groups is 2. The fourth-order valence-electron chi connectivity index (χ4n) is 2.50. The van der Waals surface area contributed by atoms with Crippen molar-refractivity contribution in [3.8, 4) is 0 Å². The van der Waals surface area contributed by atoms with Crippen molar-refractivity contribution in [1.82, 2.24) is 4.98 Å². The number of aromatic nitrogens is 1. The number of esters is 1. The lowest BCUT2D eigenvalue weighted by Gasteiger charge is -2.11. The molecule has 7 heteroatoms. The van der Waals surface area contributed by atoms with Crippen LogP contribution in [0.3, 0.4) is 0 Å². The van der Waals surface area contributed by atoms with Crippen LogP contribution in [0.1, 0.15) is 19.5 Å². The van der Waals surface area contributed by atoms with Gasteiger partial charge < -0.3 is 10.1 Å². The van der Waals surface area contributed by atoms with Crippen LogP contribution in [0.25, 0.3) is 10.8 Å². The van der Waals surface area contributed by atoms with Crippen molar-refractivity contribution in [2.24, 2.45) is 0 Å². The third kappa shape index (κ3) is 5.30. The second kappa shape index (κ2) is 9.01. The molecule has 1 atom stereocenters. The summed E-state index contributed by atoms with van der Waals surface area (Å²) in [7, 11) is 0. The molecule has 3 aromatic rings. The fourth-order valence-corrected chi connectivity index (χ4v) is 4.48. The zero-order valence-corrected chi connectivity index (χ0v) is 16.7. The lowest BCUT2D eigenvalue weighted by molar-refractivity contribution is -0.142. The number of nitrogens with one attached hydrogen (secondary N) is 1. The molecule has 0 aliphatic carbocycles. The minimum Gasteiger partial charge on any atom is -0.466 e. The summed E-state index contributed by atoms with van der Waals surface area (Å²) in [6.45, 7) is 3.97. The number of hydrogen-bond acceptors (Lipinski definition) is 6. The molecule has 1 N–H and O–H groups in total. The Bertz CT molecular complexity index is 955. The number of thiazole rings is 1. The Kier molecular flexibility index (Phi) is 6.47. The zero-order chi connectivity index (χ0) is 19.2. The van der Waals surface area contributed by atoms with E-state index in [0.29, 0.717) is 12.3 Å². The highest BCUT2D eigenvalue weighted by molar-refractivity contribution is 8.02. The van der Waals surface area contributed by atoms with Gasteiger partial charge in [-0.05, 0) is 36.8 Å². The Hall–Kier alpha value is -2.38. The number of carbonyl (C=O) groups excluding carboxylic acids is 2. The number of anilines is 1. The van der Waals surface area contributed by atoms with Crippen LogP contribution in [0.15, 0.2) is 52.2 Å². The van der Waals surface area contributed by atoms with Crippen molar-refractivity contribution in [3.63, 3.8) is 0 Å². The normalized spacial score (nSPS) is 11.9. The molecule has 0 aliphatic rings. The first-order chi connectivity index (χ1) is 13.0. The summed E-state index contributed by atoms with van der Waals surface area (Å²) in [4.78, 5) is 28.4. The molecule has 1 aromatic heterocycles. The van der Waals surface area contributed by atoms with Crippen LogP contribution in [0.5, 0.6) is 0 Å². The zero-order valence-electron chi connectivity index (χ0n) is 15.1. The summed E-state index contributed by atoms with van der Waals surface area (Å²) < 4.78 is 5.69. The SMILES string of the molecule is CCOC(=O)Cc1csc(S[C@H](C)C(=O)Nc2ccc3ccccc3c2)n1. The molecule has 0 bridgehead atoms. The lowest BCUT2D eigenvalue weighted by atomic mass is 10.1. The van der Waals surface area contributed by atoms with E-state index in [0.717, 1.165) is 20.8 Å². The third-order valence-electron chi connectivity index (χ3n) is 3.83. The highest BCUT2D eigenvalue weighted by Crippen LogP contribution is 2.28. The molecule has 5 nitrogen and oxygen atoms in total. The van der Waals surface area contributed by atoms with E-state index < -0.39 is 0 Å². The van der Waals surface area contributed by atoms with Gasteiger partial charge >= 0.3 is 5.97 Å². The van der Waals surface area contributed by atoms with Gasteiger partial charge in [0.05, 0.1) is 24.0 Å². The molecule has 27 heavy (non-hydrogen) atoms. The minimum atomic E-state index is -0.307. The van der Waals surface area contributed by atoms with Crippen molar-refractivity contribution >= 4 is 51.4 Å². The lowest BCUT2D eigenvalue weighted by Crippen LogP contribution is -2.22. The predicted molar refractivity (Wildman–Crippen MR) is 110 cm³/mol. The van der Waals surface area contributed by atoms with Crippen LogP contribution in [-0.4, -0.2) is 28.7 Å². The summed E-state index contributed by atoms with van der Waals surface area (Å²) in [5.74, 6) is -0.376. The summed E-state index contributed by atoms with van der Waals surface area (Å²) >= 11 is 2.81. The molecule has 2 aromatic carbocycles. The summed E-state index contributed by atoms with van der Waals surface area (Å²) in [5, 5.41) is 6.69. The molecular formula is C20H20N2O3S2. The fraction of sp³-hybridized carbons (Fsp3) is 0.250. The number of nitrogens with zero attached hydrogens (tertiary/aromatic N) is 1. The smallest absolute Gasteiger partial charge is 0.311 e. The number of amides is 1. The summed E-state index contributed by atoms with van der Waals surface area (Å²) in [5.41, 5.74) is 1.44. The van der Waals surface area contributed by atoms with Gasteiger partial charge in [0.25, 0.3) is 0 Å². The van der Waals surface area contributed by atoms with Crippen molar-refractivity contribution in [1.29, 1.82) is 0 Å². The van der Waals surface area contributed by atoms with Gasteiger partial charge in [0, 0.05) is 11.1 Å². The Morgan fingerprint density at radius 2 is 2.00 bits per heavy atom. The van der Waals surface area contributed by atoms with Gasteiger partial charge in [-0.25, -0.2) is 4.98 Å². The molecule has 1 amide bonds. The molecule has 0 unspecified atom stereocenters. The average molecular weight is 401 g/mol. The minimum absolute atomic E-state index is 0.0857. The van der Waals surface area contributed by atoms with Gasteiger partial charge in [-0.3, -0.25) is 9.59 Å². The van der Waals surface area contributed by atoms with Crippen molar-refractivity contribution < 1.29 is 14.3 Å². The Balaban J connectivity index is 1.58. The number of fused-ring (bicyclic) bond motifs is 1. The molecule has 0 spiro atoms. The first-order valence-electron chi connectivity index (χ1n) is 8.61. The van der Waals surface area contributed by atoms with Crippen LogP contribution in [0.2, 0.25) is 0 Å². The van der Waals surface area contributed by atoms with Crippen LogP contribution < -0.4 is 5.32 Å². The van der Waals surface area contributed by atoms with E-state index in [2.05, 4.69) is 10.3 Å². The molecule has 0 saturated carbocycles. The van der Waals surface area contributed by atoms with Gasteiger partial charge in [-0.2, -0.15) is 0 Å². The Morgan fingerprint density at radius 1 is 1.22 bits per heavy atom. The maximum Gasteiger partial charge on any atom is 0.311 e. The first kappa shape index (κ1) is 19.4. The molecule has 0 radical (unpaired) electrons. The van der Waals surface area contributed by atoms with Crippen LogP contribution in [-0.2, 0) is 20.7 Å². The van der Waals surface area contributed by atoms with Gasteiger partial charge in [0.2, 0.25) is 5.91 Å². The van der Waals surface area contributed by atoms with Crippen molar-refractivity contribution in [2.75, 3.05) is 11.9 Å². The number of ether oxygens (including phenoxy) is 1. The standard InChI is InChI=1S/C20H20N2O3S2/c1-3-25-18(23)11-17-12-26-20(22-17)27-13(2)19(24)21-16-9-8-14-6-4-5-7-15(14)10-16/h4-10,12-13H,3,11H2,1-2H3,(H,21,24)/t13-/m1/s1. The van der Waals surface area contributed by atoms with E-state index in [1.807, 2.05) is 54.8 Å². The van der Waals surface area contributed by atoms with Gasteiger partial charge in [-0.1, -0.05) is 42.1 Å². The molecular weight excluding hydrogens is 380 g/mol. The van der Waals surface area contributed by atoms with Crippen molar-refractivity contribution in [2.45, 2.75) is 29.9 Å². The summed E-state index contributed by atoms with van der Waals surface area (Å²) in [6.07, 6.45) is 0.155. The van der Waals surface area contributed by atoms with Crippen LogP contribution in [0.4, 0.5) is 5.69 Å². The largest absolute Gasteiger partial charge is 0.466 e. The first-order valence-corrected chi connectivity index (χ1v) is 10.4. The van der Waals surface area contributed by atoms with E-state index in [1.54, 1.807) is 6.92 Å². The number of rotatable bonds is 7. The van der Waals surface area contributed by atoms with Crippen molar-refractivity contribution in [3.05, 3.63) is 53.5 Å². The van der Waals surface area contributed by atoms with Crippen LogP contribution >= 0.6 is 23.1 Å². The Labute approximate surface area is 166 Å². The molecule has 140 valence electrons. The molecule has 0 aliphatic heterocycles. The summed E-state index contributed by atoms with van der Waals surface area (Å²) in [6, 6.07) is 13.9. The second-order valence-electron chi connectivity index (χ2n) is 5.90. The average Bonchev–Trinajstić information content (AvgIpc) is 3.08. The quantitative estimate of drug-likeness (QED) is 0.466. The van der Waals surface area contributed by atoms with E-state index in [9.17, 15) is 9.59 Å². The van der Waals surface area contributed by atoms with E-state index in [4.69, 9.17) is 4.74 Å². The maximum atomic E-state index is 12.5. The number of thioether (sulfide) groups is 1. The van der Waals surface area contributed by atoms with E-state index in [-0.39, 0.29) is 23.5 Å². The second-order valence-corrected chi connectivity index (χ2v) is 8.34. The highest BCUT2D eigenvalue weighted by atomic mass is 32.2.